The van der Waals surface area contributed by atoms with Crippen molar-refractivity contribution in [2.75, 3.05) is 13.7 Å². The lowest BCUT2D eigenvalue weighted by atomic mass is 9.95. The van der Waals surface area contributed by atoms with Gasteiger partial charge in [0.1, 0.15) is 12.4 Å². The summed E-state index contributed by atoms with van der Waals surface area (Å²) in [6.07, 6.45) is 0. The minimum atomic E-state index is -0.719. The maximum absolute atomic E-state index is 11.6. The van der Waals surface area contributed by atoms with Crippen LogP contribution < -0.4 is 10.5 Å². The highest BCUT2D eigenvalue weighted by Crippen LogP contribution is 2.29. The fourth-order valence-electron chi connectivity index (χ4n) is 1.60. The molecule has 0 radical (unpaired) electrons. The summed E-state index contributed by atoms with van der Waals surface area (Å²) in [5.74, 6) is 0.320. The average Bonchev–Trinajstić information content (AvgIpc) is 2.36. The summed E-state index contributed by atoms with van der Waals surface area (Å²) in [5.41, 5.74) is 5.97. The Hall–Kier alpha value is -1.26. The molecule has 1 unspecified atom stereocenters. The molecule has 0 saturated heterocycles. The summed E-state index contributed by atoms with van der Waals surface area (Å²) in [4.78, 5) is 11.6. The molecule has 0 aliphatic carbocycles. The van der Waals surface area contributed by atoms with Crippen molar-refractivity contribution in [3.05, 3.63) is 28.8 Å². The van der Waals surface area contributed by atoms with Crippen LogP contribution in [0.5, 0.6) is 5.75 Å². The lowest BCUT2D eigenvalue weighted by Crippen LogP contribution is -2.32. The van der Waals surface area contributed by atoms with Gasteiger partial charge in [0.15, 0.2) is 0 Å². The fraction of sp³-hybridized carbons (Fsp3) is 0.500. The summed E-state index contributed by atoms with van der Waals surface area (Å²) in [6.45, 7) is 5.59. The van der Waals surface area contributed by atoms with Crippen molar-refractivity contribution in [3.8, 4) is 5.75 Å². The van der Waals surface area contributed by atoms with Gasteiger partial charge in [-0.15, -0.1) is 0 Å². The van der Waals surface area contributed by atoms with Gasteiger partial charge in [-0.1, -0.05) is 11.6 Å². The van der Waals surface area contributed by atoms with Crippen LogP contribution in [0.3, 0.4) is 0 Å². The van der Waals surface area contributed by atoms with Gasteiger partial charge in [-0.05, 0) is 39.0 Å². The molecule has 0 aromatic heterocycles. The molecule has 19 heavy (non-hydrogen) atoms. The zero-order valence-corrected chi connectivity index (χ0v) is 12.5. The average molecular weight is 286 g/mol. The van der Waals surface area contributed by atoms with Gasteiger partial charge in [0.05, 0.1) is 12.5 Å². The Kier molecular flexibility index (Phi) is 5.20. The van der Waals surface area contributed by atoms with E-state index in [4.69, 9.17) is 26.8 Å². The molecule has 106 valence electrons. The molecule has 0 heterocycles. The summed E-state index contributed by atoms with van der Waals surface area (Å²) in [5, 5.41) is 0.604. The van der Waals surface area contributed by atoms with Crippen LogP contribution in [-0.2, 0) is 9.53 Å². The van der Waals surface area contributed by atoms with Crippen molar-refractivity contribution in [1.29, 1.82) is 0 Å². The Morgan fingerprint density at radius 2 is 2.11 bits per heavy atom. The van der Waals surface area contributed by atoms with Gasteiger partial charge in [0.2, 0.25) is 0 Å². The number of hydrogen-bond acceptors (Lipinski definition) is 4. The third-order valence-corrected chi connectivity index (χ3v) is 3.02. The molecular weight excluding hydrogens is 266 g/mol. The quantitative estimate of drug-likeness (QED) is 0.845. The van der Waals surface area contributed by atoms with Gasteiger partial charge in [0, 0.05) is 16.6 Å². The summed E-state index contributed by atoms with van der Waals surface area (Å²) < 4.78 is 10.4. The van der Waals surface area contributed by atoms with E-state index in [1.165, 1.54) is 7.11 Å². The van der Waals surface area contributed by atoms with Gasteiger partial charge in [0.25, 0.3) is 0 Å². The van der Waals surface area contributed by atoms with E-state index in [-0.39, 0.29) is 18.6 Å². The highest BCUT2D eigenvalue weighted by Gasteiger charge is 2.30. The van der Waals surface area contributed by atoms with E-state index < -0.39 is 5.41 Å². The molecule has 0 fully saturated rings. The SMILES string of the molecule is COC(=O)C(C)(C)COc1ccc(Cl)cc1C(C)N. The number of benzene rings is 1. The monoisotopic (exact) mass is 285 g/mol. The smallest absolute Gasteiger partial charge is 0.314 e. The van der Waals surface area contributed by atoms with Crippen molar-refractivity contribution in [3.63, 3.8) is 0 Å². The number of nitrogens with two attached hydrogens (primary N) is 1. The zero-order valence-electron chi connectivity index (χ0n) is 11.7. The molecule has 1 aromatic rings. The summed E-state index contributed by atoms with van der Waals surface area (Å²) in [7, 11) is 1.36. The standard InChI is InChI=1S/C14H20ClNO3/c1-9(16)11-7-10(15)5-6-12(11)19-8-14(2,3)13(17)18-4/h5-7,9H,8,16H2,1-4H3. The third kappa shape index (κ3) is 4.11. The molecule has 0 aliphatic rings. The second-order valence-electron chi connectivity index (χ2n) is 5.13. The number of hydrogen-bond donors (Lipinski definition) is 1. The van der Waals surface area contributed by atoms with Crippen LogP contribution >= 0.6 is 11.6 Å². The van der Waals surface area contributed by atoms with Crippen LogP contribution in [0.2, 0.25) is 5.02 Å². The molecule has 0 spiro atoms. The Bertz CT molecular complexity index is 458. The molecule has 2 N–H and O–H groups in total. The van der Waals surface area contributed by atoms with Gasteiger partial charge < -0.3 is 15.2 Å². The number of rotatable bonds is 5. The first-order valence-corrected chi connectivity index (χ1v) is 6.42. The number of carbonyl (C=O) groups excluding carboxylic acids is 1. The number of ether oxygens (including phenoxy) is 2. The van der Waals surface area contributed by atoms with E-state index in [0.29, 0.717) is 10.8 Å². The van der Waals surface area contributed by atoms with Crippen LogP contribution in [-0.4, -0.2) is 19.7 Å². The van der Waals surface area contributed by atoms with Crippen LogP contribution in [0, 0.1) is 5.41 Å². The van der Waals surface area contributed by atoms with Gasteiger partial charge in [-0.3, -0.25) is 4.79 Å². The number of methoxy groups -OCH3 is 1. The van der Waals surface area contributed by atoms with Crippen molar-refractivity contribution in [1.82, 2.24) is 0 Å². The van der Waals surface area contributed by atoms with E-state index in [2.05, 4.69) is 0 Å². The number of esters is 1. The third-order valence-electron chi connectivity index (χ3n) is 2.79. The second kappa shape index (κ2) is 6.26. The minimum Gasteiger partial charge on any atom is -0.492 e. The first kappa shape index (κ1) is 15.8. The van der Waals surface area contributed by atoms with E-state index >= 15 is 0 Å². The maximum atomic E-state index is 11.6. The number of carbonyl (C=O) groups is 1. The minimum absolute atomic E-state index is 0.199. The van der Waals surface area contributed by atoms with Crippen LogP contribution in [0.15, 0.2) is 18.2 Å². The van der Waals surface area contributed by atoms with E-state index in [0.717, 1.165) is 5.56 Å². The second-order valence-corrected chi connectivity index (χ2v) is 5.57. The Morgan fingerprint density at radius 1 is 1.47 bits per heavy atom. The fourth-order valence-corrected chi connectivity index (χ4v) is 1.78. The predicted octanol–water partition coefficient (Wildman–Crippen LogP) is 2.94. The van der Waals surface area contributed by atoms with Gasteiger partial charge >= 0.3 is 5.97 Å². The Morgan fingerprint density at radius 3 is 2.63 bits per heavy atom. The molecule has 4 nitrogen and oxygen atoms in total. The van der Waals surface area contributed by atoms with E-state index in [1.807, 2.05) is 6.92 Å². The van der Waals surface area contributed by atoms with Gasteiger partial charge in [-0.2, -0.15) is 0 Å². The van der Waals surface area contributed by atoms with E-state index in [9.17, 15) is 4.79 Å². The lowest BCUT2D eigenvalue weighted by molar-refractivity contribution is -0.152. The maximum Gasteiger partial charge on any atom is 0.314 e. The molecule has 1 atom stereocenters. The molecular formula is C14H20ClNO3. The summed E-state index contributed by atoms with van der Waals surface area (Å²) in [6, 6.07) is 5.06. The molecule has 0 bridgehead atoms. The normalized spacial score (nSPS) is 12.9. The highest BCUT2D eigenvalue weighted by molar-refractivity contribution is 6.30. The zero-order chi connectivity index (χ0) is 14.6. The molecule has 5 heteroatoms. The van der Waals surface area contributed by atoms with E-state index in [1.54, 1.807) is 32.0 Å². The van der Waals surface area contributed by atoms with Crippen molar-refractivity contribution >= 4 is 17.6 Å². The van der Waals surface area contributed by atoms with Crippen LogP contribution in [0.25, 0.3) is 0 Å². The van der Waals surface area contributed by atoms with Crippen LogP contribution in [0.1, 0.15) is 32.4 Å². The first-order chi connectivity index (χ1) is 8.77. The summed E-state index contributed by atoms with van der Waals surface area (Å²) >= 11 is 5.94. The topological polar surface area (TPSA) is 61.5 Å². The molecule has 0 amide bonds. The molecule has 1 rings (SSSR count). The van der Waals surface area contributed by atoms with Crippen LogP contribution in [0.4, 0.5) is 0 Å². The molecule has 0 aliphatic heterocycles. The largest absolute Gasteiger partial charge is 0.492 e. The first-order valence-electron chi connectivity index (χ1n) is 6.04. The lowest BCUT2D eigenvalue weighted by Gasteiger charge is -2.23. The Labute approximate surface area is 118 Å². The highest BCUT2D eigenvalue weighted by atomic mass is 35.5. The Balaban J connectivity index is 2.86. The molecule has 0 saturated carbocycles. The van der Waals surface area contributed by atoms with Crippen molar-refractivity contribution in [2.45, 2.75) is 26.8 Å². The van der Waals surface area contributed by atoms with Crippen molar-refractivity contribution in [2.24, 2.45) is 11.1 Å². The van der Waals surface area contributed by atoms with Crippen molar-refractivity contribution < 1.29 is 14.3 Å². The van der Waals surface area contributed by atoms with Gasteiger partial charge in [-0.25, -0.2) is 0 Å². The predicted molar refractivity (Wildman–Crippen MR) is 75.3 cm³/mol. The number of halogens is 1. The molecule has 1 aromatic carbocycles.